The standard InChI is InChI=1S/C18H20N6O5.C17H18N6O5.Co/c1-4-5-8-20-23-17(26)13(10-19)11(2)16(18(23)29-3)22-21-14-9-12(24(27)28)6-7-15(14)25;1-3-4-14(19)22-16(25)11(8-18)9(2)15(17(22)26)21-20-12-7-10(23(27)28)5-6-13(12)24;/h6-7,9,20,25H,4-5,8H2,1-3H3;5-7,14,24,26H,3-4,19H2,1-2H3;. The third kappa shape index (κ3) is 10.5. The van der Waals surface area contributed by atoms with E-state index in [4.69, 9.17) is 10.5 Å². The van der Waals surface area contributed by atoms with Gasteiger partial charge in [-0.05, 0) is 38.8 Å². The molecule has 1 atom stereocenters. The number of ether oxygens (including phenoxy) is 1. The second-order valence-electron chi connectivity index (χ2n) is 11.9. The number of hydrogen-bond donors (Lipinski definition) is 5. The number of phenols is 2. The number of hydrogen-bond acceptors (Lipinski definition) is 18. The molecule has 1 unspecified atom stereocenters. The summed E-state index contributed by atoms with van der Waals surface area (Å²) in [7, 11) is 1.34. The molecule has 0 amide bonds. The van der Waals surface area contributed by atoms with Crippen LogP contribution in [-0.4, -0.2) is 48.1 Å². The number of azo groups is 2. The maximum atomic E-state index is 12.6. The molecule has 6 N–H and O–H groups in total. The zero-order chi connectivity index (χ0) is 42.6. The molecule has 0 spiro atoms. The van der Waals surface area contributed by atoms with Crippen LogP contribution in [-0.2, 0) is 16.8 Å². The predicted molar refractivity (Wildman–Crippen MR) is 204 cm³/mol. The molecule has 307 valence electrons. The summed E-state index contributed by atoms with van der Waals surface area (Å²) in [5, 5.41) is 86.2. The van der Waals surface area contributed by atoms with Crippen molar-refractivity contribution in [1.29, 1.82) is 10.5 Å². The SMILES string of the molecule is CCCC(N)n1c(O)c(N=Nc2cc([N+](=O)[O-])ccc2O)c(C)c(C#N)c1=O.CCCCNn1c(OC)c(N=Nc2cc([N+](=O)[O-])ccc2O)c(C)c(C#N)c1=O.[Co]. The van der Waals surface area contributed by atoms with Gasteiger partial charge in [0.15, 0.2) is 11.4 Å². The molecule has 22 nitrogen and oxygen atoms in total. The second kappa shape index (κ2) is 21.2. The van der Waals surface area contributed by atoms with Crippen LogP contribution in [0.1, 0.15) is 68.0 Å². The Balaban J connectivity index is 0.000000394. The van der Waals surface area contributed by atoms with Gasteiger partial charge in [0.05, 0.1) is 23.1 Å². The van der Waals surface area contributed by atoms with Crippen LogP contribution in [0, 0.1) is 56.7 Å². The van der Waals surface area contributed by atoms with Crippen LogP contribution >= 0.6 is 0 Å². The minimum atomic E-state index is -0.884. The summed E-state index contributed by atoms with van der Waals surface area (Å²) in [5.74, 6) is -1.25. The minimum absolute atomic E-state index is 0. The molecule has 23 heteroatoms. The van der Waals surface area contributed by atoms with Crippen LogP contribution in [0.15, 0.2) is 66.4 Å². The molecule has 0 bridgehead atoms. The van der Waals surface area contributed by atoms with Gasteiger partial charge < -0.3 is 31.2 Å². The van der Waals surface area contributed by atoms with E-state index < -0.39 is 33.0 Å². The summed E-state index contributed by atoms with van der Waals surface area (Å²) in [4.78, 5) is 45.6. The summed E-state index contributed by atoms with van der Waals surface area (Å²) < 4.78 is 7.26. The predicted octanol–water partition coefficient (Wildman–Crippen LogP) is 6.43. The van der Waals surface area contributed by atoms with Gasteiger partial charge in [-0.3, -0.25) is 34.4 Å². The quantitative estimate of drug-likeness (QED) is 0.0395. The summed E-state index contributed by atoms with van der Waals surface area (Å²) >= 11 is 0. The molecule has 1 radical (unpaired) electrons. The van der Waals surface area contributed by atoms with E-state index in [9.17, 15) is 55.7 Å². The van der Waals surface area contributed by atoms with Crippen molar-refractivity contribution < 1.29 is 46.7 Å². The number of rotatable bonds is 14. The average molecular weight is 846 g/mol. The van der Waals surface area contributed by atoms with Gasteiger partial charge in [0.1, 0.15) is 46.1 Å². The number of pyridine rings is 2. The number of unbranched alkanes of at least 4 members (excludes halogenated alkanes) is 1. The first-order valence-corrected chi connectivity index (χ1v) is 17.0. The third-order valence-electron chi connectivity index (χ3n) is 8.14. The van der Waals surface area contributed by atoms with Crippen LogP contribution in [0.5, 0.6) is 23.3 Å². The Morgan fingerprint density at radius 1 is 0.845 bits per heavy atom. The fourth-order valence-corrected chi connectivity index (χ4v) is 5.08. The number of aromatic nitrogens is 2. The second-order valence-corrected chi connectivity index (χ2v) is 11.9. The van der Waals surface area contributed by atoms with Crippen LogP contribution in [0.3, 0.4) is 0 Å². The van der Waals surface area contributed by atoms with Crippen LogP contribution in [0.25, 0.3) is 0 Å². The number of aromatic hydroxyl groups is 3. The van der Waals surface area contributed by atoms with E-state index in [1.54, 1.807) is 6.07 Å². The maximum Gasteiger partial charge on any atom is 0.290 e. The van der Waals surface area contributed by atoms with E-state index in [0.29, 0.717) is 19.4 Å². The zero-order valence-corrected chi connectivity index (χ0v) is 32.7. The number of nitrogens with zero attached hydrogens (tertiary/aromatic N) is 10. The smallest absolute Gasteiger partial charge is 0.290 e. The number of non-ortho nitro benzene ring substituents is 2. The fraction of sp³-hybridized carbons (Fsp3) is 0.314. The molecule has 2 aromatic carbocycles. The molecule has 0 aliphatic carbocycles. The first-order chi connectivity index (χ1) is 27.1. The average Bonchev–Trinajstić information content (AvgIpc) is 3.16. The Labute approximate surface area is 339 Å². The Morgan fingerprint density at radius 3 is 1.78 bits per heavy atom. The monoisotopic (exact) mass is 845 g/mol. The molecule has 4 aromatic rings. The van der Waals surface area contributed by atoms with Crippen molar-refractivity contribution >= 4 is 34.1 Å². The molecule has 0 fully saturated rings. The van der Waals surface area contributed by atoms with Gasteiger partial charge in [-0.1, -0.05) is 26.7 Å². The van der Waals surface area contributed by atoms with E-state index in [1.165, 1.54) is 21.0 Å². The first kappa shape index (κ1) is 46.9. The van der Waals surface area contributed by atoms with Crippen molar-refractivity contribution in [1.82, 2.24) is 9.24 Å². The van der Waals surface area contributed by atoms with Gasteiger partial charge in [0, 0.05) is 58.7 Å². The van der Waals surface area contributed by atoms with Crippen molar-refractivity contribution in [3.63, 3.8) is 0 Å². The third-order valence-corrected chi connectivity index (χ3v) is 8.14. The molecule has 0 aliphatic rings. The zero-order valence-electron chi connectivity index (χ0n) is 31.7. The number of nitrogens with two attached hydrogens (primary N) is 1. The largest absolute Gasteiger partial charge is 0.506 e. The van der Waals surface area contributed by atoms with E-state index in [1.807, 2.05) is 19.9 Å². The first-order valence-electron chi connectivity index (χ1n) is 17.0. The van der Waals surface area contributed by atoms with Gasteiger partial charge in [-0.2, -0.15) is 15.2 Å². The fourth-order valence-electron chi connectivity index (χ4n) is 5.08. The number of nitrogens with one attached hydrogen (secondary N) is 1. The van der Waals surface area contributed by atoms with Crippen molar-refractivity contribution in [2.24, 2.45) is 26.2 Å². The molecule has 4 rings (SSSR count). The molecule has 0 saturated carbocycles. The number of nitro groups is 2. The number of nitriles is 2. The Morgan fingerprint density at radius 2 is 1.33 bits per heavy atom. The maximum absolute atomic E-state index is 12.6. The normalized spacial score (nSPS) is 11.2. The summed E-state index contributed by atoms with van der Waals surface area (Å²) in [6.45, 7) is 7.20. The van der Waals surface area contributed by atoms with Crippen molar-refractivity contribution in [3.8, 4) is 35.4 Å². The summed E-state index contributed by atoms with van der Waals surface area (Å²) in [6, 6.07) is 10.1. The molecular weight excluding hydrogens is 807 g/mol. The van der Waals surface area contributed by atoms with Gasteiger partial charge in [0.2, 0.25) is 11.8 Å². The van der Waals surface area contributed by atoms with Gasteiger partial charge >= 0.3 is 0 Å². The molecule has 2 heterocycles. The Kier molecular flexibility index (Phi) is 17.1. The van der Waals surface area contributed by atoms with E-state index in [2.05, 4.69) is 25.9 Å². The van der Waals surface area contributed by atoms with Crippen LogP contribution < -0.4 is 27.0 Å². The Bertz CT molecular complexity index is 2450. The molecule has 0 aliphatic heterocycles. The number of benzene rings is 2. The Hall–Kier alpha value is -7.21. The van der Waals surface area contributed by atoms with E-state index >= 15 is 0 Å². The van der Waals surface area contributed by atoms with Gasteiger partial charge in [-0.25, -0.2) is 0 Å². The summed E-state index contributed by atoms with van der Waals surface area (Å²) in [6.07, 6.45) is 1.78. The number of methoxy groups -OCH3 is 1. The van der Waals surface area contributed by atoms with Crippen LogP contribution in [0.4, 0.5) is 34.1 Å². The van der Waals surface area contributed by atoms with Crippen molar-refractivity contribution in [2.75, 3.05) is 19.1 Å². The number of nitro benzene ring substituents is 2. The van der Waals surface area contributed by atoms with Crippen molar-refractivity contribution in [3.05, 3.63) is 99.6 Å². The summed E-state index contributed by atoms with van der Waals surface area (Å²) in [5.41, 5.74) is 6.31. The topological polar surface area (TPSA) is 335 Å². The van der Waals surface area contributed by atoms with E-state index in [-0.39, 0.29) is 90.5 Å². The minimum Gasteiger partial charge on any atom is -0.506 e. The molecule has 0 saturated heterocycles. The molecule has 2 aromatic heterocycles. The van der Waals surface area contributed by atoms with Crippen molar-refractivity contribution in [2.45, 2.75) is 59.5 Å². The molecule has 58 heavy (non-hydrogen) atoms. The molecular formula is C35H38CoN12O10. The van der Waals surface area contributed by atoms with E-state index in [0.717, 1.165) is 58.5 Å². The van der Waals surface area contributed by atoms with Gasteiger partial charge in [-0.15, -0.1) is 20.5 Å². The number of phenolic OH excluding ortho intramolecular Hbond substituents is 2. The van der Waals surface area contributed by atoms with Gasteiger partial charge in [0.25, 0.3) is 22.5 Å². The van der Waals surface area contributed by atoms with Crippen LogP contribution in [0.2, 0.25) is 0 Å².